The van der Waals surface area contributed by atoms with E-state index >= 15 is 0 Å². The number of para-hydroxylation sites is 2. The highest BCUT2D eigenvalue weighted by Crippen LogP contribution is 2.23. The van der Waals surface area contributed by atoms with Gasteiger partial charge >= 0.3 is 6.03 Å². The van der Waals surface area contributed by atoms with Crippen LogP contribution < -0.4 is 10.1 Å². The van der Waals surface area contributed by atoms with Crippen molar-refractivity contribution in [1.29, 1.82) is 0 Å². The first-order chi connectivity index (χ1) is 19.8. The fraction of sp³-hybridized carbons (Fsp3) is 0.273. The predicted octanol–water partition coefficient (Wildman–Crippen LogP) is 6.40. The number of halogens is 1. The summed E-state index contributed by atoms with van der Waals surface area (Å²) in [5.41, 5.74) is 3.43. The number of benzene rings is 3. The summed E-state index contributed by atoms with van der Waals surface area (Å²) in [4.78, 5) is 30.6. The lowest BCUT2D eigenvalue weighted by Crippen LogP contribution is -2.45. The van der Waals surface area contributed by atoms with Gasteiger partial charge in [0.1, 0.15) is 18.1 Å². The fourth-order valence-electron chi connectivity index (χ4n) is 4.63. The lowest BCUT2D eigenvalue weighted by molar-refractivity contribution is -0.133. The third-order valence-electron chi connectivity index (χ3n) is 6.66. The van der Waals surface area contributed by atoms with Crippen LogP contribution in [0.25, 0.3) is 0 Å². The van der Waals surface area contributed by atoms with Crippen molar-refractivity contribution in [3.63, 3.8) is 0 Å². The maximum atomic E-state index is 13.9. The Morgan fingerprint density at radius 1 is 0.854 bits per heavy atom. The van der Waals surface area contributed by atoms with Crippen LogP contribution in [0.3, 0.4) is 0 Å². The third kappa shape index (κ3) is 8.45. The second kappa shape index (κ2) is 14.2. The first kappa shape index (κ1) is 29.4. The minimum Gasteiger partial charge on any atom is -0.495 e. The number of nitrogens with zero attached hydrogens (tertiary/aromatic N) is 3. The quantitative estimate of drug-likeness (QED) is 0.220. The molecular weight excluding hydrogens is 519 g/mol. The van der Waals surface area contributed by atoms with Crippen LogP contribution in [-0.2, 0) is 24.4 Å². The zero-order valence-electron chi connectivity index (χ0n) is 23.8. The van der Waals surface area contributed by atoms with Crippen molar-refractivity contribution < 1.29 is 18.7 Å². The van der Waals surface area contributed by atoms with Gasteiger partial charge in [-0.05, 0) is 53.4 Å². The van der Waals surface area contributed by atoms with Crippen LogP contribution in [0.2, 0.25) is 0 Å². The molecule has 41 heavy (non-hydrogen) atoms. The second-order valence-corrected chi connectivity index (χ2v) is 10.4. The molecule has 0 saturated heterocycles. The van der Waals surface area contributed by atoms with E-state index in [-0.39, 0.29) is 30.2 Å². The van der Waals surface area contributed by atoms with E-state index in [1.165, 1.54) is 12.1 Å². The van der Waals surface area contributed by atoms with E-state index in [4.69, 9.17) is 4.74 Å². The third-order valence-corrected chi connectivity index (χ3v) is 6.66. The Kier molecular flexibility index (Phi) is 10.2. The van der Waals surface area contributed by atoms with E-state index in [0.717, 1.165) is 16.8 Å². The number of aromatic nitrogens is 1. The maximum Gasteiger partial charge on any atom is 0.322 e. The van der Waals surface area contributed by atoms with Crippen LogP contribution in [0.1, 0.15) is 30.7 Å². The number of carbonyl (C=O) groups excluding carboxylic acids is 2. The molecule has 0 fully saturated rings. The molecule has 0 spiro atoms. The van der Waals surface area contributed by atoms with Gasteiger partial charge in [0, 0.05) is 31.5 Å². The molecule has 1 heterocycles. The van der Waals surface area contributed by atoms with Gasteiger partial charge in [0.05, 0.1) is 19.3 Å². The number of nitrogens with one attached hydrogen (secondary N) is 1. The van der Waals surface area contributed by atoms with E-state index in [1.54, 1.807) is 41.2 Å². The van der Waals surface area contributed by atoms with Crippen LogP contribution in [0, 0.1) is 11.7 Å². The number of amides is 3. The molecule has 0 aliphatic carbocycles. The SMILES string of the molecule is COc1ccccc1NC(=O)N(CC(=O)N(Cc1ccccc1)Cc1cccn1Cc1ccc(F)cc1)CC(C)C. The normalized spacial score (nSPS) is 10.9. The van der Waals surface area contributed by atoms with Gasteiger partial charge < -0.3 is 24.4 Å². The summed E-state index contributed by atoms with van der Waals surface area (Å²) in [5, 5.41) is 2.91. The van der Waals surface area contributed by atoms with Crippen LogP contribution in [0.15, 0.2) is 97.2 Å². The van der Waals surface area contributed by atoms with Gasteiger partial charge in [-0.15, -0.1) is 0 Å². The molecule has 4 rings (SSSR count). The van der Waals surface area contributed by atoms with Gasteiger partial charge in [0.2, 0.25) is 5.91 Å². The summed E-state index contributed by atoms with van der Waals surface area (Å²) in [6.45, 7) is 5.65. The zero-order valence-corrected chi connectivity index (χ0v) is 23.8. The van der Waals surface area contributed by atoms with Gasteiger partial charge in [0.15, 0.2) is 0 Å². The molecule has 3 amide bonds. The van der Waals surface area contributed by atoms with Crippen molar-refractivity contribution in [2.24, 2.45) is 5.92 Å². The molecule has 3 aromatic carbocycles. The topological polar surface area (TPSA) is 66.8 Å². The van der Waals surface area contributed by atoms with E-state index in [1.807, 2.05) is 74.6 Å². The van der Waals surface area contributed by atoms with Crippen LogP contribution in [0.4, 0.5) is 14.9 Å². The highest BCUT2D eigenvalue weighted by Gasteiger charge is 2.24. The van der Waals surface area contributed by atoms with Gasteiger partial charge in [-0.1, -0.05) is 68.4 Å². The van der Waals surface area contributed by atoms with Gasteiger partial charge in [-0.2, -0.15) is 0 Å². The molecule has 0 aliphatic heterocycles. The minimum atomic E-state index is -0.365. The van der Waals surface area contributed by atoms with Crippen molar-refractivity contribution in [3.05, 3.63) is 120 Å². The molecule has 0 saturated carbocycles. The summed E-state index contributed by atoms with van der Waals surface area (Å²) < 4.78 is 20.9. The summed E-state index contributed by atoms with van der Waals surface area (Å²) in [5.74, 6) is 0.257. The van der Waals surface area contributed by atoms with E-state index in [9.17, 15) is 14.0 Å². The van der Waals surface area contributed by atoms with Crippen molar-refractivity contribution in [2.75, 3.05) is 25.5 Å². The van der Waals surface area contributed by atoms with Crippen LogP contribution >= 0.6 is 0 Å². The number of urea groups is 1. The van der Waals surface area contributed by atoms with E-state index in [0.29, 0.717) is 37.6 Å². The molecule has 214 valence electrons. The van der Waals surface area contributed by atoms with E-state index in [2.05, 4.69) is 9.88 Å². The molecule has 4 aromatic rings. The largest absolute Gasteiger partial charge is 0.495 e. The van der Waals surface area contributed by atoms with Crippen molar-refractivity contribution in [1.82, 2.24) is 14.4 Å². The molecule has 0 aliphatic rings. The average Bonchev–Trinajstić information content (AvgIpc) is 3.40. The van der Waals surface area contributed by atoms with Gasteiger partial charge in [-0.25, -0.2) is 9.18 Å². The average molecular weight is 557 g/mol. The van der Waals surface area contributed by atoms with Gasteiger partial charge in [-0.3, -0.25) is 4.79 Å². The summed E-state index contributed by atoms with van der Waals surface area (Å²) in [7, 11) is 1.55. The Hall–Kier alpha value is -4.59. The smallest absolute Gasteiger partial charge is 0.322 e. The Morgan fingerprint density at radius 2 is 1.56 bits per heavy atom. The number of rotatable bonds is 12. The number of anilines is 1. The summed E-state index contributed by atoms with van der Waals surface area (Å²) in [6, 6.07) is 27.0. The first-order valence-electron chi connectivity index (χ1n) is 13.7. The number of carbonyl (C=O) groups is 2. The minimum absolute atomic E-state index is 0.0787. The zero-order chi connectivity index (χ0) is 29.2. The Bertz CT molecular complexity index is 1420. The fourth-order valence-corrected chi connectivity index (χ4v) is 4.63. The molecule has 1 N–H and O–H groups in total. The molecule has 1 aromatic heterocycles. The standard InChI is InChI=1S/C33H37FN4O3/c1-25(2)20-38(33(40)35-30-13-7-8-14-31(30)41-3)24-32(39)37(22-26-10-5-4-6-11-26)23-29-12-9-19-36(29)21-27-15-17-28(34)18-16-27/h4-19,25H,20-24H2,1-3H3,(H,35,40). The summed E-state index contributed by atoms with van der Waals surface area (Å²) in [6.07, 6.45) is 1.95. The molecule has 7 nitrogen and oxygen atoms in total. The van der Waals surface area contributed by atoms with Crippen molar-refractivity contribution in [3.8, 4) is 5.75 Å². The molecule has 8 heteroatoms. The first-order valence-corrected chi connectivity index (χ1v) is 13.7. The van der Waals surface area contributed by atoms with Crippen LogP contribution in [-0.4, -0.2) is 46.5 Å². The van der Waals surface area contributed by atoms with Gasteiger partial charge in [0.25, 0.3) is 0 Å². The highest BCUT2D eigenvalue weighted by atomic mass is 19.1. The second-order valence-electron chi connectivity index (χ2n) is 10.4. The number of hydrogen-bond donors (Lipinski definition) is 1. The maximum absolute atomic E-state index is 13.9. The molecule has 0 radical (unpaired) electrons. The molecule has 0 atom stereocenters. The number of hydrogen-bond acceptors (Lipinski definition) is 3. The molecule has 0 bridgehead atoms. The van der Waals surface area contributed by atoms with Crippen LogP contribution in [0.5, 0.6) is 5.75 Å². The molecular formula is C33H37FN4O3. The van der Waals surface area contributed by atoms with E-state index < -0.39 is 0 Å². The predicted molar refractivity (Wildman–Crippen MR) is 159 cm³/mol. The Morgan fingerprint density at radius 3 is 2.27 bits per heavy atom. The highest BCUT2D eigenvalue weighted by molar-refractivity contribution is 5.93. The lowest BCUT2D eigenvalue weighted by Gasteiger charge is -2.29. The monoisotopic (exact) mass is 556 g/mol. The molecule has 0 unspecified atom stereocenters. The lowest BCUT2D eigenvalue weighted by atomic mass is 10.2. The number of ether oxygens (including phenoxy) is 1. The number of methoxy groups -OCH3 is 1. The Labute approximate surface area is 241 Å². The van der Waals surface area contributed by atoms with Crippen molar-refractivity contribution in [2.45, 2.75) is 33.5 Å². The Balaban J connectivity index is 1.54. The summed E-state index contributed by atoms with van der Waals surface area (Å²) >= 11 is 0. The van der Waals surface area contributed by atoms with Crippen molar-refractivity contribution >= 4 is 17.6 Å².